The van der Waals surface area contributed by atoms with Gasteiger partial charge in [-0.1, -0.05) is 26.8 Å². The Hall–Kier alpha value is -2.51. The van der Waals surface area contributed by atoms with Crippen LogP contribution in [0.3, 0.4) is 0 Å². The number of nitrogens with one attached hydrogen (secondary N) is 2. The van der Waals surface area contributed by atoms with Crippen LogP contribution in [-0.4, -0.2) is 34.8 Å². The maximum atomic E-state index is 13.7. The van der Waals surface area contributed by atoms with Crippen molar-refractivity contribution in [1.82, 2.24) is 10.2 Å². The van der Waals surface area contributed by atoms with Crippen molar-refractivity contribution >= 4 is 23.5 Å². The second-order valence-electron chi connectivity index (χ2n) is 8.40. The first-order valence-corrected chi connectivity index (χ1v) is 8.91. The molecule has 1 spiro atoms. The minimum absolute atomic E-state index is 0.130. The van der Waals surface area contributed by atoms with E-state index in [9.17, 15) is 23.2 Å². The monoisotopic (exact) mass is 379 g/mol. The molecule has 1 aliphatic heterocycles. The summed E-state index contributed by atoms with van der Waals surface area (Å²) in [6.07, 6.45) is 1.92. The molecule has 0 aromatic heterocycles. The molecule has 4 amide bonds. The number of rotatable bonds is 3. The number of hydrogen-bond donors (Lipinski definition) is 2. The number of benzene rings is 1. The molecule has 8 heteroatoms. The Morgan fingerprint density at radius 2 is 1.89 bits per heavy atom. The van der Waals surface area contributed by atoms with Gasteiger partial charge in [0.1, 0.15) is 29.4 Å². The van der Waals surface area contributed by atoms with Crippen LogP contribution < -0.4 is 10.6 Å². The Bertz CT molecular complexity index is 791. The lowest BCUT2D eigenvalue weighted by Gasteiger charge is -2.43. The first-order valence-electron chi connectivity index (χ1n) is 8.91. The number of nitrogens with zero attached hydrogens (tertiary/aromatic N) is 1. The van der Waals surface area contributed by atoms with Gasteiger partial charge in [0.25, 0.3) is 5.91 Å². The summed E-state index contributed by atoms with van der Waals surface area (Å²) in [5, 5.41) is 4.86. The highest BCUT2D eigenvalue weighted by Crippen LogP contribution is 2.46. The van der Waals surface area contributed by atoms with Crippen LogP contribution in [0.4, 0.5) is 19.3 Å². The minimum Gasteiger partial charge on any atom is -0.323 e. The normalized spacial score (nSPS) is 27.0. The van der Waals surface area contributed by atoms with Gasteiger partial charge in [-0.25, -0.2) is 13.6 Å². The molecule has 1 aliphatic carbocycles. The lowest BCUT2D eigenvalue weighted by molar-refractivity contribution is -0.136. The molecule has 2 N–H and O–H groups in total. The van der Waals surface area contributed by atoms with E-state index in [0.717, 1.165) is 23.5 Å². The molecule has 27 heavy (non-hydrogen) atoms. The van der Waals surface area contributed by atoms with Crippen molar-refractivity contribution in [3.8, 4) is 0 Å². The number of carbonyl (C=O) groups is 3. The van der Waals surface area contributed by atoms with E-state index in [1.807, 2.05) is 20.8 Å². The fraction of sp³-hybridized carbons (Fsp3) is 0.526. The molecule has 1 saturated heterocycles. The third-order valence-corrected chi connectivity index (χ3v) is 5.15. The number of carbonyl (C=O) groups excluding carboxylic acids is 3. The Labute approximate surface area is 156 Å². The quantitative estimate of drug-likeness (QED) is 0.793. The fourth-order valence-electron chi connectivity index (χ4n) is 4.59. The van der Waals surface area contributed by atoms with Crippen LogP contribution in [0.5, 0.6) is 0 Å². The van der Waals surface area contributed by atoms with Gasteiger partial charge in [0.05, 0.1) is 0 Å². The molecule has 1 aromatic rings. The Morgan fingerprint density at radius 1 is 1.26 bits per heavy atom. The average molecular weight is 379 g/mol. The summed E-state index contributed by atoms with van der Waals surface area (Å²) in [6, 6.07) is 2.53. The minimum atomic E-state index is -1.03. The van der Waals surface area contributed by atoms with Gasteiger partial charge in [-0.15, -0.1) is 0 Å². The first kappa shape index (κ1) is 19.3. The molecule has 2 atom stereocenters. The van der Waals surface area contributed by atoms with Crippen LogP contribution in [0.15, 0.2) is 18.2 Å². The largest absolute Gasteiger partial charge is 0.325 e. The first-order chi connectivity index (χ1) is 12.5. The van der Waals surface area contributed by atoms with Crippen LogP contribution in [0.25, 0.3) is 0 Å². The molecule has 6 nitrogen and oxygen atoms in total. The SMILES string of the molecule is C[C@@H]1CC(C)(C)C[C@@]2(C1)NC(=O)N(CC(=O)Nc1c(F)cccc1F)C2=O. The summed E-state index contributed by atoms with van der Waals surface area (Å²) < 4.78 is 27.4. The van der Waals surface area contributed by atoms with Gasteiger partial charge in [-0.3, -0.25) is 14.5 Å². The zero-order chi connectivity index (χ0) is 20.0. The van der Waals surface area contributed by atoms with E-state index in [2.05, 4.69) is 10.6 Å². The van der Waals surface area contributed by atoms with E-state index >= 15 is 0 Å². The number of halogens is 2. The molecule has 2 fully saturated rings. The smallest absolute Gasteiger partial charge is 0.323 e. The van der Waals surface area contributed by atoms with E-state index in [1.54, 1.807) is 0 Å². The number of hydrogen-bond acceptors (Lipinski definition) is 3. The lowest BCUT2D eigenvalue weighted by Crippen LogP contribution is -2.54. The van der Waals surface area contributed by atoms with Crippen LogP contribution in [0.2, 0.25) is 0 Å². The number of imide groups is 1. The lowest BCUT2D eigenvalue weighted by atomic mass is 9.64. The van der Waals surface area contributed by atoms with E-state index < -0.39 is 47.3 Å². The maximum Gasteiger partial charge on any atom is 0.325 e. The van der Waals surface area contributed by atoms with Gasteiger partial charge in [-0.2, -0.15) is 0 Å². The fourth-order valence-corrected chi connectivity index (χ4v) is 4.59. The predicted molar refractivity (Wildman–Crippen MR) is 94.8 cm³/mol. The third-order valence-electron chi connectivity index (χ3n) is 5.15. The summed E-state index contributed by atoms with van der Waals surface area (Å²) in [4.78, 5) is 38.4. The number of urea groups is 1. The maximum absolute atomic E-state index is 13.7. The summed E-state index contributed by atoms with van der Waals surface area (Å²) >= 11 is 0. The van der Waals surface area contributed by atoms with E-state index in [1.165, 1.54) is 6.07 Å². The highest BCUT2D eigenvalue weighted by Gasteiger charge is 2.56. The molecule has 1 heterocycles. The Balaban J connectivity index is 1.75. The highest BCUT2D eigenvalue weighted by molar-refractivity contribution is 6.10. The van der Waals surface area contributed by atoms with Gasteiger partial charge >= 0.3 is 6.03 Å². The molecule has 146 valence electrons. The summed E-state index contributed by atoms with van der Waals surface area (Å²) in [7, 11) is 0. The van der Waals surface area contributed by atoms with Crippen LogP contribution in [-0.2, 0) is 9.59 Å². The molecular weight excluding hydrogens is 356 g/mol. The van der Waals surface area contributed by atoms with Crippen LogP contribution in [0, 0.1) is 23.0 Å². The van der Waals surface area contributed by atoms with Crippen molar-refractivity contribution in [3.05, 3.63) is 29.8 Å². The van der Waals surface area contributed by atoms with Gasteiger partial charge in [0.2, 0.25) is 5.91 Å². The van der Waals surface area contributed by atoms with Crippen molar-refractivity contribution in [2.45, 2.75) is 45.6 Å². The van der Waals surface area contributed by atoms with Crippen LogP contribution >= 0.6 is 0 Å². The van der Waals surface area contributed by atoms with Crippen molar-refractivity contribution < 1.29 is 23.2 Å². The molecule has 2 aliphatic rings. The predicted octanol–water partition coefficient (Wildman–Crippen LogP) is 3.04. The zero-order valence-electron chi connectivity index (χ0n) is 15.6. The van der Waals surface area contributed by atoms with Gasteiger partial charge in [0.15, 0.2) is 0 Å². The van der Waals surface area contributed by atoms with Gasteiger partial charge in [0, 0.05) is 0 Å². The van der Waals surface area contributed by atoms with E-state index in [4.69, 9.17) is 0 Å². The van der Waals surface area contributed by atoms with Crippen molar-refractivity contribution in [2.75, 3.05) is 11.9 Å². The van der Waals surface area contributed by atoms with Crippen LogP contribution in [0.1, 0.15) is 40.0 Å². The number of amides is 4. The molecule has 0 radical (unpaired) electrons. The molecular formula is C19H23F2N3O3. The second-order valence-corrected chi connectivity index (χ2v) is 8.40. The topological polar surface area (TPSA) is 78.5 Å². The summed E-state index contributed by atoms with van der Waals surface area (Å²) in [5.74, 6) is -2.93. The van der Waals surface area contributed by atoms with Gasteiger partial charge < -0.3 is 10.6 Å². The second kappa shape index (κ2) is 6.58. The molecule has 1 aromatic carbocycles. The highest BCUT2D eigenvalue weighted by atomic mass is 19.1. The summed E-state index contributed by atoms with van der Waals surface area (Å²) in [5.41, 5.74) is -1.76. The van der Waals surface area contributed by atoms with E-state index in [0.29, 0.717) is 12.8 Å². The van der Waals surface area contributed by atoms with Gasteiger partial charge in [-0.05, 0) is 42.7 Å². The number of para-hydroxylation sites is 1. The van der Waals surface area contributed by atoms with Crippen molar-refractivity contribution in [3.63, 3.8) is 0 Å². The molecule has 1 saturated carbocycles. The molecule has 3 rings (SSSR count). The summed E-state index contributed by atoms with van der Waals surface area (Å²) in [6.45, 7) is 5.51. The molecule has 0 unspecified atom stereocenters. The number of anilines is 1. The van der Waals surface area contributed by atoms with Crippen molar-refractivity contribution in [2.24, 2.45) is 11.3 Å². The zero-order valence-corrected chi connectivity index (χ0v) is 15.6. The Kier molecular flexibility index (Phi) is 4.69. The van der Waals surface area contributed by atoms with E-state index in [-0.39, 0.29) is 11.3 Å². The third kappa shape index (κ3) is 3.65. The molecule has 0 bridgehead atoms. The average Bonchev–Trinajstić information content (AvgIpc) is 2.72. The standard InChI is InChI=1S/C19H23F2N3O3/c1-11-7-18(2,3)10-19(8-11)16(26)24(17(27)23-19)9-14(25)22-15-12(20)5-4-6-13(15)21/h4-6,11H,7-10H2,1-3H3,(H,22,25)(H,23,27)/t11-,19-/m1/s1. The van der Waals surface area contributed by atoms with Crippen molar-refractivity contribution in [1.29, 1.82) is 0 Å². The Morgan fingerprint density at radius 3 is 2.48 bits per heavy atom.